The summed E-state index contributed by atoms with van der Waals surface area (Å²) >= 11 is 0. The molecule has 21 heavy (non-hydrogen) atoms. The Bertz CT molecular complexity index is 733. The van der Waals surface area contributed by atoms with Gasteiger partial charge in [-0.1, -0.05) is 48.5 Å². The molecule has 1 heterocycles. The van der Waals surface area contributed by atoms with E-state index in [1.807, 2.05) is 60.7 Å². The molecule has 104 valence electrons. The van der Waals surface area contributed by atoms with E-state index < -0.39 is 0 Å². The number of anilines is 2. The summed E-state index contributed by atoms with van der Waals surface area (Å²) in [5, 5.41) is 8.53. The summed E-state index contributed by atoms with van der Waals surface area (Å²) in [6, 6.07) is 19.3. The molecule has 0 aliphatic heterocycles. The number of nitrogens with one attached hydrogen (secondary N) is 1. The highest BCUT2D eigenvalue weighted by Crippen LogP contribution is 2.09. The quantitative estimate of drug-likeness (QED) is 0.437. The van der Waals surface area contributed by atoms with Crippen molar-refractivity contribution in [2.45, 2.75) is 0 Å². The lowest BCUT2D eigenvalue weighted by atomic mass is 10.2. The fourth-order valence-electron chi connectivity index (χ4n) is 1.87. The number of hydrogen-bond donors (Lipinski definition) is 2. The number of hydrazone groups is 1. The Morgan fingerprint density at radius 1 is 1.00 bits per heavy atom. The van der Waals surface area contributed by atoms with Crippen molar-refractivity contribution in [3.05, 3.63) is 72.6 Å². The first-order chi connectivity index (χ1) is 10.3. The van der Waals surface area contributed by atoms with Gasteiger partial charge in [-0.3, -0.25) is 5.43 Å². The summed E-state index contributed by atoms with van der Waals surface area (Å²) < 4.78 is 1.49. The van der Waals surface area contributed by atoms with Gasteiger partial charge < -0.3 is 5.73 Å². The Morgan fingerprint density at radius 3 is 2.29 bits per heavy atom. The number of para-hydroxylation sites is 1. The van der Waals surface area contributed by atoms with Gasteiger partial charge >= 0.3 is 0 Å². The number of nitrogens with two attached hydrogens (primary N) is 1. The normalized spacial score (nSPS) is 11.3. The van der Waals surface area contributed by atoms with Gasteiger partial charge in [0.1, 0.15) is 6.33 Å². The van der Waals surface area contributed by atoms with E-state index in [1.54, 1.807) is 0 Å². The van der Waals surface area contributed by atoms with Crippen LogP contribution in [-0.4, -0.2) is 20.6 Å². The van der Waals surface area contributed by atoms with Crippen LogP contribution in [0.4, 0.5) is 11.6 Å². The van der Waals surface area contributed by atoms with Crippen LogP contribution in [0.3, 0.4) is 0 Å². The second-order valence-corrected chi connectivity index (χ2v) is 4.31. The van der Waals surface area contributed by atoms with Crippen molar-refractivity contribution in [2.75, 3.05) is 11.2 Å². The average Bonchev–Trinajstić information content (AvgIpc) is 2.96. The number of aromatic nitrogens is 3. The fourth-order valence-corrected chi connectivity index (χ4v) is 1.87. The highest BCUT2D eigenvalue weighted by Gasteiger charge is 2.10. The molecule has 6 heteroatoms. The van der Waals surface area contributed by atoms with Crippen molar-refractivity contribution in [3.63, 3.8) is 0 Å². The van der Waals surface area contributed by atoms with Crippen LogP contribution in [0.2, 0.25) is 0 Å². The topological polar surface area (TPSA) is 81.1 Å². The molecule has 0 unspecified atom stereocenters. The zero-order chi connectivity index (χ0) is 14.5. The molecule has 0 spiro atoms. The van der Waals surface area contributed by atoms with E-state index in [-0.39, 0.29) is 5.95 Å². The van der Waals surface area contributed by atoms with Crippen molar-refractivity contribution in [3.8, 4) is 0 Å². The summed E-state index contributed by atoms with van der Waals surface area (Å²) in [6.07, 6.45) is 1.40. The maximum atomic E-state index is 5.83. The third-order valence-electron chi connectivity index (χ3n) is 2.87. The largest absolute Gasteiger partial charge is 0.368 e. The van der Waals surface area contributed by atoms with Gasteiger partial charge in [0, 0.05) is 5.56 Å². The molecule has 3 N–H and O–H groups in total. The predicted molar refractivity (Wildman–Crippen MR) is 82.9 cm³/mol. The van der Waals surface area contributed by atoms with Gasteiger partial charge in [0.15, 0.2) is 5.84 Å². The average molecular weight is 278 g/mol. The van der Waals surface area contributed by atoms with Gasteiger partial charge in [0.25, 0.3) is 0 Å². The Labute approximate surface area is 121 Å². The third-order valence-corrected chi connectivity index (χ3v) is 2.87. The van der Waals surface area contributed by atoms with Crippen LogP contribution < -0.4 is 11.2 Å². The SMILES string of the molecule is Nc1ncnn1C(=NNc1ccccc1)c1ccccc1. The van der Waals surface area contributed by atoms with Gasteiger partial charge in [-0.05, 0) is 12.1 Å². The maximum absolute atomic E-state index is 5.83. The van der Waals surface area contributed by atoms with Crippen molar-refractivity contribution in [1.29, 1.82) is 0 Å². The number of hydrogen-bond acceptors (Lipinski definition) is 5. The van der Waals surface area contributed by atoms with Gasteiger partial charge in [0.2, 0.25) is 5.95 Å². The van der Waals surface area contributed by atoms with Gasteiger partial charge in [-0.15, -0.1) is 0 Å². The lowest BCUT2D eigenvalue weighted by Crippen LogP contribution is -2.19. The first-order valence-corrected chi connectivity index (χ1v) is 6.44. The minimum atomic E-state index is 0.285. The molecule has 0 bridgehead atoms. The van der Waals surface area contributed by atoms with E-state index in [2.05, 4.69) is 20.6 Å². The summed E-state index contributed by atoms with van der Waals surface area (Å²) in [5.41, 5.74) is 10.6. The Kier molecular flexibility index (Phi) is 3.60. The Balaban J connectivity index is 1.99. The highest BCUT2D eigenvalue weighted by atomic mass is 15.4. The molecule has 2 aromatic carbocycles. The number of rotatable bonds is 3. The molecule has 3 aromatic rings. The van der Waals surface area contributed by atoms with Crippen LogP contribution in [0, 0.1) is 0 Å². The smallest absolute Gasteiger partial charge is 0.224 e. The van der Waals surface area contributed by atoms with Crippen molar-refractivity contribution < 1.29 is 0 Å². The zero-order valence-electron chi connectivity index (χ0n) is 11.2. The van der Waals surface area contributed by atoms with E-state index in [9.17, 15) is 0 Å². The molecule has 0 fully saturated rings. The summed E-state index contributed by atoms with van der Waals surface area (Å²) in [4.78, 5) is 3.94. The Hall–Kier alpha value is -3.15. The summed E-state index contributed by atoms with van der Waals surface area (Å²) in [5.74, 6) is 0.863. The number of benzene rings is 2. The lowest BCUT2D eigenvalue weighted by molar-refractivity contribution is 0.937. The first kappa shape index (κ1) is 12.9. The van der Waals surface area contributed by atoms with Crippen LogP contribution >= 0.6 is 0 Å². The minimum Gasteiger partial charge on any atom is -0.368 e. The molecular weight excluding hydrogens is 264 g/mol. The molecule has 0 aliphatic rings. The van der Waals surface area contributed by atoms with Crippen LogP contribution in [0.5, 0.6) is 0 Å². The van der Waals surface area contributed by atoms with Crippen LogP contribution in [-0.2, 0) is 0 Å². The molecule has 0 amide bonds. The molecule has 0 atom stereocenters. The van der Waals surface area contributed by atoms with E-state index in [1.165, 1.54) is 11.0 Å². The first-order valence-electron chi connectivity index (χ1n) is 6.44. The maximum Gasteiger partial charge on any atom is 0.224 e. The van der Waals surface area contributed by atoms with Gasteiger partial charge in [-0.2, -0.15) is 19.9 Å². The molecule has 0 aliphatic carbocycles. The molecule has 0 saturated carbocycles. The molecular formula is C15H14N6. The van der Waals surface area contributed by atoms with Crippen molar-refractivity contribution >= 4 is 17.5 Å². The number of nitrogens with zero attached hydrogens (tertiary/aromatic N) is 4. The zero-order valence-corrected chi connectivity index (χ0v) is 11.2. The van der Waals surface area contributed by atoms with Crippen LogP contribution in [0.25, 0.3) is 0 Å². The standard InChI is InChI=1S/C15H14N6/c16-15-17-11-18-21(15)14(12-7-3-1-4-8-12)20-19-13-9-5-2-6-10-13/h1-11,19H,(H2,16,17,18). The highest BCUT2D eigenvalue weighted by molar-refractivity contribution is 6.01. The summed E-state index contributed by atoms with van der Waals surface area (Å²) in [6.45, 7) is 0. The summed E-state index contributed by atoms with van der Waals surface area (Å²) in [7, 11) is 0. The third kappa shape index (κ3) is 2.89. The van der Waals surface area contributed by atoms with E-state index in [4.69, 9.17) is 5.73 Å². The van der Waals surface area contributed by atoms with E-state index >= 15 is 0 Å². The lowest BCUT2D eigenvalue weighted by Gasteiger charge is -2.08. The Morgan fingerprint density at radius 2 is 1.67 bits per heavy atom. The van der Waals surface area contributed by atoms with Crippen molar-refractivity contribution in [2.24, 2.45) is 5.10 Å². The second-order valence-electron chi connectivity index (χ2n) is 4.31. The molecule has 3 rings (SSSR count). The monoisotopic (exact) mass is 278 g/mol. The molecule has 0 radical (unpaired) electrons. The van der Waals surface area contributed by atoms with E-state index in [0.29, 0.717) is 5.84 Å². The predicted octanol–water partition coefficient (Wildman–Crippen LogP) is 2.18. The van der Waals surface area contributed by atoms with Gasteiger partial charge in [0.05, 0.1) is 5.69 Å². The van der Waals surface area contributed by atoms with Gasteiger partial charge in [-0.25, -0.2) is 0 Å². The van der Waals surface area contributed by atoms with Crippen LogP contribution in [0.1, 0.15) is 5.56 Å². The second kappa shape index (κ2) is 5.87. The fraction of sp³-hybridized carbons (Fsp3) is 0. The number of nitrogen functional groups attached to an aromatic ring is 1. The molecule has 6 nitrogen and oxygen atoms in total. The molecule has 0 saturated heterocycles. The molecule has 1 aromatic heterocycles. The minimum absolute atomic E-state index is 0.285. The van der Waals surface area contributed by atoms with Crippen LogP contribution in [0.15, 0.2) is 72.1 Å². The van der Waals surface area contributed by atoms with E-state index in [0.717, 1.165) is 11.3 Å². The van der Waals surface area contributed by atoms with Crippen molar-refractivity contribution in [1.82, 2.24) is 14.8 Å².